The number of nitrogens with zero attached hydrogens (tertiary/aromatic N) is 1. The molecule has 0 N–H and O–H groups in total. The SMILES string of the molecule is O=C1CC(C(c2ccc(F)cc2)c2ccc(F)cc2)CCN1CCCCc1ccc(F)cc1. The first-order valence-corrected chi connectivity index (χ1v) is 11.5. The molecule has 1 unspecified atom stereocenters. The summed E-state index contributed by atoms with van der Waals surface area (Å²) >= 11 is 0. The fourth-order valence-corrected chi connectivity index (χ4v) is 4.78. The number of carbonyl (C=O) groups is 1. The maximum absolute atomic E-state index is 13.5. The summed E-state index contributed by atoms with van der Waals surface area (Å²) in [6.07, 6.45) is 3.95. The molecule has 1 heterocycles. The first-order valence-electron chi connectivity index (χ1n) is 11.5. The third-order valence-electron chi connectivity index (χ3n) is 6.55. The lowest BCUT2D eigenvalue weighted by atomic mass is 9.76. The molecule has 5 heteroatoms. The number of aryl methyl sites for hydroxylation is 1. The fraction of sp³-hybridized carbons (Fsp3) is 0.321. The summed E-state index contributed by atoms with van der Waals surface area (Å²) in [6.45, 7) is 1.39. The van der Waals surface area contributed by atoms with Crippen LogP contribution in [0, 0.1) is 23.4 Å². The second kappa shape index (κ2) is 10.7. The zero-order chi connectivity index (χ0) is 23.2. The monoisotopic (exact) mass is 451 g/mol. The van der Waals surface area contributed by atoms with Crippen LogP contribution < -0.4 is 0 Å². The van der Waals surface area contributed by atoms with Crippen molar-refractivity contribution in [1.82, 2.24) is 4.90 Å². The number of unbranched alkanes of at least 4 members (excludes halogenated alkanes) is 1. The van der Waals surface area contributed by atoms with Gasteiger partial charge in [-0.25, -0.2) is 13.2 Å². The molecule has 1 atom stereocenters. The number of rotatable bonds is 8. The predicted octanol–water partition coefficient (Wildman–Crippen LogP) is 6.50. The van der Waals surface area contributed by atoms with Crippen molar-refractivity contribution in [2.45, 2.75) is 38.0 Å². The Labute approximate surface area is 193 Å². The maximum Gasteiger partial charge on any atom is 0.222 e. The van der Waals surface area contributed by atoms with Crippen molar-refractivity contribution >= 4 is 5.91 Å². The lowest BCUT2D eigenvalue weighted by Crippen LogP contribution is -2.41. The van der Waals surface area contributed by atoms with Crippen LogP contribution in [-0.2, 0) is 11.2 Å². The van der Waals surface area contributed by atoms with Crippen LogP contribution in [-0.4, -0.2) is 23.9 Å². The lowest BCUT2D eigenvalue weighted by Gasteiger charge is -2.36. The molecule has 0 saturated carbocycles. The molecule has 3 aromatic rings. The predicted molar refractivity (Wildman–Crippen MR) is 123 cm³/mol. The van der Waals surface area contributed by atoms with Crippen molar-refractivity contribution in [3.63, 3.8) is 0 Å². The van der Waals surface area contributed by atoms with Crippen LogP contribution in [0.1, 0.15) is 48.3 Å². The zero-order valence-corrected chi connectivity index (χ0v) is 18.5. The Balaban J connectivity index is 1.37. The molecule has 33 heavy (non-hydrogen) atoms. The Morgan fingerprint density at radius 3 is 1.79 bits per heavy atom. The molecule has 0 spiro atoms. The van der Waals surface area contributed by atoms with E-state index in [-0.39, 0.29) is 35.2 Å². The van der Waals surface area contributed by atoms with Gasteiger partial charge in [0.05, 0.1) is 0 Å². The first-order chi connectivity index (χ1) is 16.0. The lowest BCUT2D eigenvalue weighted by molar-refractivity contribution is -0.135. The van der Waals surface area contributed by atoms with Gasteiger partial charge in [-0.15, -0.1) is 0 Å². The van der Waals surface area contributed by atoms with Crippen LogP contribution in [0.4, 0.5) is 13.2 Å². The van der Waals surface area contributed by atoms with E-state index in [1.54, 1.807) is 36.4 Å². The third-order valence-corrected chi connectivity index (χ3v) is 6.55. The number of carbonyl (C=O) groups excluding carboxylic acids is 1. The molecule has 3 aromatic carbocycles. The van der Waals surface area contributed by atoms with E-state index in [1.165, 1.54) is 36.4 Å². The highest BCUT2D eigenvalue weighted by atomic mass is 19.1. The molecule has 172 valence electrons. The minimum Gasteiger partial charge on any atom is -0.343 e. The van der Waals surface area contributed by atoms with Crippen molar-refractivity contribution in [1.29, 1.82) is 0 Å². The maximum atomic E-state index is 13.5. The minimum atomic E-state index is -0.303. The standard InChI is InChI=1S/C28H28F3NO/c29-24-10-4-20(5-11-24)3-1-2-17-32-18-16-23(19-27(32)33)28(21-6-12-25(30)13-7-21)22-8-14-26(31)15-9-22/h4-15,23,28H,1-3,16-19H2. The summed E-state index contributed by atoms with van der Waals surface area (Å²) in [5, 5.41) is 0. The summed E-state index contributed by atoms with van der Waals surface area (Å²) in [6, 6.07) is 19.3. The van der Waals surface area contributed by atoms with Gasteiger partial charge in [0.15, 0.2) is 0 Å². The van der Waals surface area contributed by atoms with E-state index < -0.39 is 0 Å². The van der Waals surface area contributed by atoms with Crippen LogP contribution >= 0.6 is 0 Å². The topological polar surface area (TPSA) is 20.3 Å². The van der Waals surface area contributed by atoms with E-state index in [0.29, 0.717) is 19.5 Å². The van der Waals surface area contributed by atoms with Crippen LogP contribution in [0.2, 0.25) is 0 Å². The van der Waals surface area contributed by atoms with Crippen LogP contribution in [0.25, 0.3) is 0 Å². The molecular weight excluding hydrogens is 423 g/mol. The summed E-state index contributed by atoms with van der Waals surface area (Å²) in [4.78, 5) is 14.9. The number of amides is 1. The van der Waals surface area contributed by atoms with Crippen molar-refractivity contribution < 1.29 is 18.0 Å². The van der Waals surface area contributed by atoms with Gasteiger partial charge in [-0.1, -0.05) is 36.4 Å². The summed E-state index contributed by atoms with van der Waals surface area (Å²) in [7, 11) is 0. The Bertz CT molecular complexity index is 1000. The van der Waals surface area contributed by atoms with E-state index in [0.717, 1.165) is 42.4 Å². The highest BCUT2D eigenvalue weighted by Crippen LogP contribution is 2.38. The van der Waals surface area contributed by atoms with Crippen LogP contribution in [0.5, 0.6) is 0 Å². The third kappa shape index (κ3) is 6.04. The van der Waals surface area contributed by atoms with Gasteiger partial charge in [-0.3, -0.25) is 4.79 Å². The average Bonchev–Trinajstić information content (AvgIpc) is 2.82. The van der Waals surface area contributed by atoms with Crippen LogP contribution in [0.3, 0.4) is 0 Å². The summed E-state index contributed by atoms with van der Waals surface area (Å²) < 4.78 is 40.0. The van der Waals surface area contributed by atoms with Gasteiger partial charge in [0, 0.05) is 25.4 Å². The van der Waals surface area contributed by atoms with E-state index in [9.17, 15) is 18.0 Å². The second-order valence-electron chi connectivity index (χ2n) is 8.80. The summed E-state index contributed by atoms with van der Waals surface area (Å²) in [5.41, 5.74) is 2.98. The van der Waals surface area contributed by atoms with Crippen molar-refractivity contribution in [3.05, 3.63) is 107 Å². The Kier molecular flexibility index (Phi) is 7.48. The Morgan fingerprint density at radius 2 is 1.27 bits per heavy atom. The number of likely N-dealkylation sites (tertiary alicyclic amines) is 1. The second-order valence-corrected chi connectivity index (χ2v) is 8.80. The zero-order valence-electron chi connectivity index (χ0n) is 18.5. The molecule has 1 fully saturated rings. The largest absolute Gasteiger partial charge is 0.343 e. The highest BCUT2D eigenvalue weighted by Gasteiger charge is 2.32. The van der Waals surface area contributed by atoms with E-state index in [4.69, 9.17) is 0 Å². The fourth-order valence-electron chi connectivity index (χ4n) is 4.78. The number of piperidine rings is 1. The number of halogens is 3. The Morgan fingerprint density at radius 1 is 0.758 bits per heavy atom. The van der Waals surface area contributed by atoms with Gasteiger partial charge >= 0.3 is 0 Å². The number of hydrogen-bond acceptors (Lipinski definition) is 1. The van der Waals surface area contributed by atoms with E-state index in [2.05, 4.69) is 0 Å². The first kappa shape index (κ1) is 23.1. The van der Waals surface area contributed by atoms with Gasteiger partial charge in [0.2, 0.25) is 5.91 Å². The molecule has 2 nitrogen and oxygen atoms in total. The van der Waals surface area contributed by atoms with Crippen molar-refractivity contribution in [3.8, 4) is 0 Å². The number of hydrogen-bond donors (Lipinski definition) is 0. The van der Waals surface area contributed by atoms with Crippen LogP contribution in [0.15, 0.2) is 72.8 Å². The van der Waals surface area contributed by atoms with Crippen molar-refractivity contribution in [2.75, 3.05) is 13.1 Å². The van der Waals surface area contributed by atoms with E-state index in [1.807, 2.05) is 4.90 Å². The Hall–Kier alpha value is -3.08. The van der Waals surface area contributed by atoms with Gasteiger partial charge < -0.3 is 4.90 Å². The quantitative estimate of drug-likeness (QED) is 0.358. The molecule has 0 aromatic heterocycles. The average molecular weight is 452 g/mol. The smallest absolute Gasteiger partial charge is 0.222 e. The van der Waals surface area contributed by atoms with Gasteiger partial charge in [-0.2, -0.15) is 0 Å². The van der Waals surface area contributed by atoms with E-state index >= 15 is 0 Å². The normalized spacial score (nSPS) is 16.4. The van der Waals surface area contributed by atoms with Gasteiger partial charge in [-0.05, 0) is 84.7 Å². The van der Waals surface area contributed by atoms with Gasteiger partial charge in [0.25, 0.3) is 0 Å². The molecule has 0 aliphatic carbocycles. The molecule has 1 aliphatic heterocycles. The minimum absolute atomic E-state index is 0.0730. The molecule has 4 rings (SSSR count). The molecular formula is C28H28F3NO. The molecule has 0 bridgehead atoms. The number of benzene rings is 3. The molecule has 1 amide bonds. The molecule has 1 saturated heterocycles. The highest BCUT2D eigenvalue weighted by molar-refractivity contribution is 5.77. The summed E-state index contributed by atoms with van der Waals surface area (Å²) in [5.74, 6) is -0.722. The molecule has 1 aliphatic rings. The molecule has 0 radical (unpaired) electrons. The van der Waals surface area contributed by atoms with Gasteiger partial charge in [0.1, 0.15) is 17.5 Å². The van der Waals surface area contributed by atoms with Crippen molar-refractivity contribution in [2.24, 2.45) is 5.92 Å².